The van der Waals surface area contributed by atoms with Gasteiger partial charge in [-0.05, 0) is 0 Å². The van der Waals surface area contributed by atoms with Crippen molar-refractivity contribution < 1.29 is 4.74 Å². The van der Waals surface area contributed by atoms with E-state index in [1.807, 2.05) is 0 Å². The van der Waals surface area contributed by atoms with Gasteiger partial charge in [-0.2, -0.15) is 0 Å². The van der Waals surface area contributed by atoms with Gasteiger partial charge in [0.1, 0.15) is 3.14 Å². The largest absolute Gasteiger partial charge is 0.360 e. The van der Waals surface area contributed by atoms with Gasteiger partial charge in [-0.25, -0.2) is 0 Å². The van der Waals surface area contributed by atoms with Gasteiger partial charge in [-0.1, -0.05) is 35.7 Å². The maximum atomic E-state index is 5.20. The average molecular weight is 240 g/mol. The second-order valence-electron chi connectivity index (χ2n) is 1.79. The zero-order chi connectivity index (χ0) is 7.84. The number of hydrogen-bond acceptors (Lipinski definition) is 6. The zero-order valence-corrected chi connectivity index (χ0v) is 9.61. The van der Waals surface area contributed by atoms with Crippen LogP contribution in [0.1, 0.15) is 0 Å². The number of rotatable bonds is 1. The van der Waals surface area contributed by atoms with Crippen molar-refractivity contribution in [2.75, 3.05) is 7.11 Å². The third kappa shape index (κ3) is 1.66. The molecule has 0 spiro atoms. The SMILES string of the molecule is COC1Sc2sc(=S)sc2S1. The smallest absolute Gasteiger partial charge is 0.159 e. The molecule has 11 heavy (non-hydrogen) atoms. The molecule has 0 fully saturated rings. The Kier molecular flexibility index (Phi) is 2.60. The molecule has 0 aliphatic carbocycles. The quantitative estimate of drug-likeness (QED) is 0.692. The molecule has 0 radical (unpaired) electrons. The number of fused-ring (bicyclic) bond motifs is 1. The van der Waals surface area contributed by atoms with Crippen molar-refractivity contribution in [3.8, 4) is 0 Å². The van der Waals surface area contributed by atoms with Crippen molar-refractivity contribution in [2.45, 2.75) is 13.2 Å². The van der Waals surface area contributed by atoms with Crippen LogP contribution < -0.4 is 0 Å². The van der Waals surface area contributed by atoms with Gasteiger partial charge in [0.25, 0.3) is 0 Å². The highest BCUT2D eigenvalue weighted by Crippen LogP contribution is 2.53. The van der Waals surface area contributed by atoms with Crippen molar-refractivity contribution in [1.29, 1.82) is 0 Å². The molecule has 1 nitrogen and oxygen atoms in total. The molecule has 0 aromatic carbocycles. The second kappa shape index (κ2) is 3.35. The van der Waals surface area contributed by atoms with Gasteiger partial charge in [-0.15, -0.1) is 22.7 Å². The third-order valence-electron chi connectivity index (χ3n) is 1.12. The number of ether oxygens (including phenoxy) is 1. The van der Waals surface area contributed by atoms with Crippen molar-refractivity contribution in [3.63, 3.8) is 0 Å². The van der Waals surface area contributed by atoms with Gasteiger partial charge in [0.05, 0.1) is 8.42 Å². The summed E-state index contributed by atoms with van der Waals surface area (Å²) in [6.45, 7) is 0. The molecule has 60 valence electrons. The third-order valence-corrected chi connectivity index (χ3v) is 7.01. The van der Waals surface area contributed by atoms with Gasteiger partial charge >= 0.3 is 0 Å². The van der Waals surface area contributed by atoms with E-state index in [2.05, 4.69) is 0 Å². The molecule has 1 aliphatic heterocycles. The van der Waals surface area contributed by atoms with Gasteiger partial charge in [0.2, 0.25) is 0 Å². The Morgan fingerprint density at radius 3 is 2.27 bits per heavy atom. The fourth-order valence-electron chi connectivity index (χ4n) is 0.695. The summed E-state index contributed by atoms with van der Waals surface area (Å²) in [5.41, 5.74) is 0. The first-order valence-electron chi connectivity index (χ1n) is 2.79. The molecule has 0 atom stereocenters. The van der Waals surface area contributed by atoms with Gasteiger partial charge in [-0.3, -0.25) is 0 Å². The molecule has 0 saturated carbocycles. The molecule has 6 heteroatoms. The second-order valence-corrected chi connectivity index (χ2v) is 7.97. The summed E-state index contributed by atoms with van der Waals surface area (Å²) in [6.07, 6.45) is 0. The Hall–Kier alpha value is 0.930. The molecule has 0 unspecified atom stereocenters. The first-order chi connectivity index (χ1) is 5.29. The van der Waals surface area contributed by atoms with E-state index in [0.717, 1.165) is 3.14 Å². The highest BCUT2D eigenvalue weighted by atomic mass is 32.2. The van der Waals surface area contributed by atoms with Crippen molar-refractivity contribution in [2.24, 2.45) is 0 Å². The van der Waals surface area contributed by atoms with Crippen LogP contribution in [-0.2, 0) is 4.74 Å². The molecule has 1 aromatic heterocycles. The molecular weight excluding hydrogens is 236 g/mol. The summed E-state index contributed by atoms with van der Waals surface area (Å²) < 4.78 is 9.13. The molecule has 0 bridgehead atoms. The Balaban J connectivity index is 2.30. The number of thioether (sulfide) groups is 2. The van der Waals surface area contributed by atoms with E-state index in [-0.39, 0.29) is 4.77 Å². The van der Waals surface area contributed by atoms with Crippen LogP contribution >= 0.6 is 58.4 Å². The molecule has 1 aliphatic rings. The predicted molar refractivity (Wildman–Crippen MR) is 55.5 cm³/mol. The topological polar surface area (TPSA) is 9.23 Å². The minimum Gasteiger partial charge on any atom is -0.360 e. The molecular formula is C5H4OS5. The summed E-state index contributed by atoms with van der Waals surface area (Å²) in [4.78, 5) is 0. The summed E-state index contributed by atoms with van der Waals surface area (Å²) in [5.74, 6) is 0. The summed E-state index contributed by atoms with van der Waals surface area (Å²) in [6, 6.07) is 0. The Labute approximate surface area is 86.2 Å². The van der Waals surface area contributed by atoms with E-state index in [1.165, 1.54) is 8.42 Å². The molecule has 0 amide bonds. The van der Waals surface area contributed by atoms with Crippen LogP contribution in [0.25, 0.3) is 0 Å². The van der Waals surface area contributed by atoms with E-state index in [9.17, 15) is 0 Å². The van der Waals surface area contributed by atoms with E-state index in [1.54, 1.807) is 53.3 Å². The van der Waals surface area contributed by atoms with Gasteiger partial charge in [0, 0.05) is 7.11 Å². The number of hydrogen-bond donors (Lipinski definition) is 0. The minimum atomic E-state index is 0.253. The lowest BCUT2D eigenvalue weighted by atomic mass is 11.1. The van der Waals surface area contributed by atoms with Crippen LogP contribution in [0, 0.1) is 3.14 Å². The van der Waals surface area contributed by atoms with Crippen molar-refractivity contribution in [1.82, 2.24) is 0 Å². The van der Waals surface area contributed by atoms with Crippen molar-refractivity contribution in [3.05, 3.63) is 3.14 Å². The monoisotopic (exact) mass is 240 g/mol. The van der Waals surface area contributed by atoms with E-state index in [0.29, 0.717) is 0 Å². The molecule has 0 saturated heterocycles. The van der Waals surface area contributed by atoms with Crippen LogP contribution in [0.2, 0.25) is 0 Å². The molecule has 1 aromatic rings. The first kappa shape index (κ1) is 8.52. The minimum absolute atomic E-state index is 0.253. The van der Waals surface area contributed by atoms with Crippen LogP contribution in [0.4, 0.5) is 0 Å². The molecule has 2 heterocycles. The van der Waals surface area contributed by atoms with Crippen LogP contribution in [-0.4, -0.2) is 11.9 Å². The average Bonchev–Trinajstić information content (AvgIpc) is 2.43. The van der Waals surface area contributed by atoms with Crippen LogP contribution in [0.15, 0.2) is 8.42 Å². The van der Waals surface area contributed by atoms with Crippen LogP contribution in [0.3, 0.4) is 0 Å². The highest BCUT2D eigenvalue weighted by molar-refractivity contribution is 8.21. The molecule has 0 N–H and O–H groups in total. The fourth-order valence-corrected chi connectivity index (χ4v) is 7.32. The lowest BCUT2D eigenvalue weighted by molar-refractivity contribution is 0.236. The van der Waals surface area contributed by atoms with E-state index < -0.39 is 0 Å². The summed E-state index contributed by atoms with van der Waals surface area (Å²) in [7, 11) is 1.74. The Morgan fingerprint density at radius 1 is 1.27 bits per heavy atom. The Morgan fingerprint density at radius 2 is 1.82 bits per heavy atom. The summed E-state index contributed by atoms with van der Waals surface area (Å²) >= 11 is 12.0. The highest BCUT2D eigenvalue weighted by Gasteiger charge is 2.25. The van der Waals surface area contributed by atoms with Crippen molar-refractivity contribution >= 4 is 58.4 Å². The predicted octanol–water partition coefficient (Wildman–Crippen LogP) is 3.67. The van der Waals surface area contributed by atoms with Gasteiger partial charge in [0.15, 0.2) is 4.77 Å². The van der Waals surface area contributed by atoms with E-state index >= 15 is 0 Å². The zero-order valence-electron chi connectivity index (χ0n) is 5.53. The standard InChI is InChI=1S/C5H4OS5/c1-6-4-8-2-3(9-4)11-5(7)10-2/h4H,1H3. The lowest BCUT2D eigenvalue weighted by Gasteiger charge is -2.01. The molecule has 2 rings (SSSR count). The fraction of sp³-hybridized carbons (Fsp3) is 0.400. The van der Waals surface area contributed by atoms with E-state index in [4.69, 9.17) is 17.0 Å². The Bertz CT molecular complexity index is 286. The summed E-state index contributed by atoms with van der Waals surface area (Å²) in [5, 5.41) is 0. The number of methoxy groups -OCH3 is 1. The van der Waals surface area contributed by atoms with Gasteiger partial charge < -0.3 is 4.74 Å². The first-order valence-corrected chi connectivity index (χ1v) is 6.59. The normalized spacial score (nSPS) is 17.2. The van der Waals surface area contributed by atoms with Crippen LogP contribution in [0.5, 0.6) is 0 Å². The maximum Gasteiger partial charge on any atom is 0.159 e. The lowest BCUT2D eigenvalue weighted by Crippen LogP contribution is -1.92. The maximum absolute atomic E-state index is 5.20.